The molecular weight excluding hydrogens is 300 g/mol. The van der Waals surface area contributed by atoms with Crippen LogP contribution in [0.4, 0.5) is 0 Å². The maximum absolute atomic E-state index is 12.4. The molecule has 2 aromatic heterocycles. The van der Waals surface area contributed by atoms with Gasteiger partial charge in [-0.25, -0.2) is 9.78 Å². The Morgan fingerprint density at radius 1 is 1.27 bits per heavy atom. The summed E-state index contributed by atoms with van der Waals surface area (Å²) in [5.74, 6) is 1.54. The van der Waals surface area contributed by atoms with E-state index < -0.39 is 0 Å². The van der Waals surface area contributed by atoms with Gasteiger partial charge in [0.15, 0.2) is 16.3 Å². The number of nitrogens with zero attached hydrogens (tertiary/aromatic N) is 4. The van der Waals surface area contributed by atoms with Crippen molar-refractivity contribution in [1.29, 1.82) is 0 Å². The van der Waals surface area contributed by atoms with Gasteiger partial charge in [-0.1, -0.05) is 31.7 Å². The zero-order chi connectivity index (χ0) is 16.4. The molecule has 0 atom stereocenters. The summed E-state index contributed by atoms with van der Waals surface area (Å²) in [4.78, 5) is 29.0. The van der Waals surface area contributed by atoms with Crippen LogP contribution in [0.3, 0.4) is 0 Å². The van der Waals surface area contributed by atoms with Crippen LogP contribution in [-0.2, 0) is 20.6 Å². The first-order valence-electron chi connectivity index (χ1n) is 7.28. The fourth-order valence-electron chi connectivity index (χ4n) is 2.22. The minimum atomic E-state index is -0.362. The van der Waals surface area contributed by atoms with E-state index in [1.54, 1.807) is 24.9 Å². The second-order valence-corrected chi connectivity index (χ2v) is 6.76. The molecule has 0 aliphatic rings. The molecule has 0 unspecified atom stereocenters. The SMILES string of the molecule is C=CCn1c(SCCC(C)C)nc2c1c(=O)n(C)c(=O)n2C. The number of imidazole rings is 1. The van der Waals surface area contributed by atoms with E-state index in [0.717, 1.165) is 21.9 Å². The molecule has 0 spiro atoms. The van der Waals surface area contributed by atoms with Gasteiger partial charge in [-0.05, 0) is 12.3 Å². The van der Waals surface area contributed by atoms with Gasteiger partial charge >= 0.3 is 5.69 Å². The maximum Gasteiger partial charge on any atom is 0.332 e. The van der Waals surface area contributed by atoms with Crippen LogP contribution in [0.5, 0.6) is 0 Å². The molecule has 2 rings (SSSR count). The second kappa shape index (κ2) is 6.56. The lowest BCUT2D eigenvalue weighted by atomic mass is 10.2. The average molecular weight is 322 g/mol. The number of aryl methyl sites for hydroxylation is 1. The van der Waals surface area contributed by atoms with E-state index >= 15 is 0 Å². The Kier molecular flexibility index (Phi) is 4.95. The maximum atomic E-state index is 12.4. The lowest BCUT2D eigenvalue weighted by Crippen LogP contribution is -2.37. The van der Waals surface area contributed by atoms with Gasteiger partial charge in [0, 0.05) is 26.4 Å². The van der Waals surface area contributed by atoms with E-state index in [1.807, 2.05) is 4.57 Å². The molecule has 0 aliphatic heterocycles. The summed E-state index contributed by atoms with van der Waals surface area (Å²) in [6.07, 6.45) is 2.80. The van der Waals surface area contributed by atoms with Crippen LogP contribution in [-0.4, -0.2) is 24.4 Å². The van der Waals surface area contributed by atoms with Crippen LogP contribution >= 0.6 is 11.8 Å². The van der Waals surface area contributed by atoms with Crippen LogP contribution in [0.25, 0.3) is 11.2 Å². The van der Waals surface area contributed by atoms with Crippen LogP contribution in [0.15, 0.2) is 27.4 Å². The second-order valence-electron chi connectivity index (χ2n) is 5.70. The van der Waals surface area contributed by atoms with Gasteiger partial charge in [-0.15, -0.1) is 6.58 Å². The summed E-state index contributed by atoms with van der Waals surface area (Å²) in [6, 6.07) is 0. The Morgan fingerprint density at radius 3 is 2.55 bits per heavy atom. The zero-order valence-corrected chi connectivity index (χ0v) is 14.3. The number of allylic oxidation sites excluding steroid dienone is 1. The van der Waals surface area contributed by atoms with E-state index in [9.17, 15) is 9.59 Å². The van der Waals surface area contributed by atoms with E-state index in [1.165, 1.54) is 11.6 Å². The Hall–Kier alpha value is -1.76. The number of thioether (sulfide) groups is 1. The Morgan fingerprint density at radius 2 is 1.95 bits per heavy atom. The Labute approximate surface area is 133 Å². The molecular formula is C15H22N4O2S. The molecule has 22 heavy (non-hydrogen) atoms. The van der Waals surface area contributed by atoms with Crippen molar-refractivity contribution in [3.63, 3.8) is 0 Å². The fourth-order valence-corrected chi connectivity index (χ4v) is 3.47. The van der Waals surface area contributed by atoms with Crippen LogP contribution in [0.2, 0.25) is 0 Å². The highest BCUT2D eigenvalue weighted by molar-refractivity contribution is 7.99. The van der Waals surface area contributed by atoms with Crippen molar-refractivity contribution >= 4 is 22.9 Å². The third kappa shape index (κ3) is 2.90. The van der Waals surface area contributed by atoms with Crippen molar-refractivity contribution in [1.82, 2.24) is 18.7 Å². The average Bonchev–Trinajstić information content (AvgIpc) is 2.82. The lowest BCUT2D eigenvalue weighted by Gasteiger charge is -2.07. The Bertz CT molecular complexity index is 814. The van der Waals surface area contributed by atoms with Gasteiger partial charge in [-0.2, -0.15) is 0 Å². The van der Waals surface area contributed by atoms with Gasteiger partial charge in [0.05, 0.1) is 0 Å². The standard InChI is InChI=1S/C15H22N4O2S/c1-6-8-19-11-12(16-14(19)22-9-7-10(2)3)17(4)15(21)18(5)13(11)20/h6,10H,1,7-9H2,2-5H3. The molecule has 0 aliphatic carbocycles. The number of rotatable bonds is 6. The number of hydrogen-bond acceptors (Lipinski definition) is 4. The monoisotopic (exact) mass is 322 g/mol. The van der Waals surface area contributed by atoms with Crippen LogP contribution in [0, 0.1) is 5.92 Å². The molecule has 7 heteroatoms. The highest BCUT2D eigenvalue weighted by Gasteiger charge is 2.18. The first kappa shape index (κ1) is 16.6. The molecule has 2 heterocycles. The molecule has 0 saturated carbocycles. The molecule has 0 amide bonds. The predicted molar refractivity (Wildman–Crippen MR) is 90.6 cm³/mol. The largest absolute Gasteiger partial charge is 0.332 e. The molecule has 2 aromatic rings. The highest BCUT2D eigenvalue weighted by atomic mass is 32.2. The normalized spacial score (nSPS) is 11.5. The molecule has 0 N–H and O–H groups in total. The quantitative estimate of drug-likeness (QED) is 0.600. The van der Waals surface area contributed by atoms with Gasteiger partial charge in [0.2, 0.25) is 0 Å². The van der Waals surface area contributed by atoms with Crippen LogP contribution < -0.4 is 11.2 Å². The highest BCUT2D eigenvalue weighted by Crippen LogP contribution is 2.23. The third-order valence-corrected chi connectivity index (χ3v) is 4.56. The first-order valence-corrected chi connectivity index (χ1v) is 8.27. The summed E-state index contributed by atoms with van der Waals surface area (Å²) in [7, 11) is 3.12. The number of hydrogen-bond donors (Lipinski definition) is 0. The molecule has 120 valence electrons. The van der Waals surface area contributed by atoms with Gasteiger partial charge in [0.25, 0.3) is 5.56 Å². The Balaban J connectivity index is 2.62. The van der Waals surface area contributed by atoms with Gasteiger partial charge in [-0.3, -0.25) is 13.9 Å². The number of aromatic nitrogens is 4. The van der Waals surface area contributed by atoms with Gasteiger partial charge < -0.3 is 4.57 Å². The van der Waals surface area contributed by atoms with E-state index in [4.69, 9.17) is 0 Å². The molecule has 0 radical (unpaired) electrons. The lowest BCUT2D eigenvalue weighted by molar-refractivity contribution is 0.630. The summed E-state index contributed by atoms with van der Waals surface area (Å²) in [5, 5.41) is 0.758. The molecule has 0 aromatic carbocycles. The van der Waals surface area contributed by atoms with E-state index in [2.05, 4.69) is 25.4 Å². The first-order chi connectivity index (χ1) is 10.4. The predicted octanol–water partition coefficient (Wildman–Crippen LogP) is 1.76. The van der Waals surface area contributed by atoms with Crippen molar-refractivity contribution in [2.45, 2.75) is 32.0 Å². The minimum Gasteiger partial charge on any atom is -0.309 e. The summed E-state index contributed by atoms with van der Waals surface area (Å²) in [6.45, 7) is 8.59. The topological polar surface area (TPSA) is 61.8 Å². The van der Waals surface area contributed by atoms with Crippen molar-refractivity contribution in [2.24, 2.45) is 20.0 Å². The molecule has 0 bridgehead atoms. The fraction of sp³-hybridized carbons (Fsp3) is 0.533. The molecule has 0 fully saturated rings. The van der Waals surface area contributed by atoms with Gasteiger partial charge in [0.1, 0.15) is 0 Å². The third-order valence-electron chi connectivity index (χ3n) is 3.55. The summed E-state index contributed by atoms with van der Waals surface area (Å²) >= 11 is 1.61. The number of fused-ring (bicyclic) bond motifs is 1. The van der Waals surface area contributed by atoms with Crippen molar-refractivity contribution in [2.75, 3.05) is 5.75 Å². The van der Waals surface area contributed by atoms with Crippen molar-refractivity contribution in [3.8, 4) is 0 Å². The zero-order valence-electron chi connectivity index (χ0n) is 13.5. The summed E-state index contributed by atoms with van der Waals surface area (Å²) in [5.41, 5.74) is 0.209. The van der Waals surface area contributed by atoms with Crippen molar-refractivity contribution < 1.29 is 0 Å². The molecule has 0 saturated heterocycles. The summed E-state index contributed by atoms with van der Waals surface area (Å²) < 4.78 is 4.38. The smallest absolute Gasteiger partial charge is 0.309 e. The van der Waals surface area contributed by atoms with E-state index in [-0.39, 0.29) is 11.2 Å². The van der Waals surface area contributed by atoms with Crippen molar-refractivity contribution in [3.05, 3.63) is 33.5 Å². The molecule has 6 nitrogen and oxygen atoms in total. The van der Waals surface area contributed by atoms with E-state index in [0.29, 0.717) is 23.6 Å². The minimum absolute atomic E-state index is 0.317. The van der Waals surface area contributed by atoms with Crippen LogP contribution in [0.1, 0.15) is 20.3 Å².